The summed E-state index contributed by atoms with van der Waals surface area (Å²) in [4.78, 5) is 18.6. The SMILES string of the molecule is CN=C(NCCCCOc1ccc(F)cc1)NCC1(C(=O)N(C)C)CCCC1.I. The molecule has 1 aliphatic carbocycles. The predicted molar refractivity (Wildman–Crippen MR) is 126 cm³/mol. The van der Waals surface area contributed by atoms with Gasteiger partial charge in [0.2, 0.25) is 5.91 Å². The van der Waals surface area contributed by atoms with E-state index in [1.165, 1.54) is 12.1 Å². The van der Waals surface area contributed by atoms with Gasteiger partial charge in [-0.3, -0.25) is 9.79 Å². The molecule has 0 bridgehead atoms. The van der Waals surface area contributed by atoms with Crippen LogP contribution in [-0.4, -0.2) is 57.6 Å². The number of benzene rings is 1. The van der Waals surface area contributed by atoms with Gasteiger partial charge in [-0.05, 0) is 49.9 Å². The number of aliphatic imine (C=N–C) groups is 1. The first-order chi connectivity index (χ1) is 13.5. The van der Waals surface area contributed by atoms with Crippen molar-refractivity contribution in [3.63, 3.8) is 0 Å². The van der Waals surface area contributed by atoms with Crippen LogP contribution >= 0.6 is 24.0 Å². The number of hydrogen-bond acceptors (Lipinski definition) is 3. The third-order valence-electron chi connectivity index (χ3n) is 5.18. The van der Waals surface area contributed by atoms with Crippen molar-refractivity contribution in [1.29, 1.82) is 0 Å². The highest BCUT2D eigenvalue weighted by molar-refractivity contribution is 14.0. The standard InChI is InChI=1S/C21H33FN4O2.HI/c1-23-20(25-16-21(12-4-5-13-21)19(27)26(2)3)24-14-6-7-15-28-18-10-8-17(22)9-11-18;/h8-11H,4-7,12-16H2,1-3H3,(H2,23,24,25);1H. The summed E-state index contributed by atoms with van der Waals surface area (Å²) in [6.07, 6.45) is 5.85. The van der Waals surface area contributed by atoms with Crippen LogP contribution in [0.5, 0.6) is 5.75 Å². The second-order valence-corrected chi connectivity index (χ2v) is 7.55. The van der Waals surface area contributed by atoms with Crippen LogP contribution in [0.2, 0.25) is 0 Å². The van der Waals surface area contributed by atoms with Crippen LogP contribution in [0.4, 0.5) is 4.39 Å². The number of nitrogens with zero attached hydrogens (tertiary/aromatic N) is 2. The van der Waals surface area contributed by atoms with E-state index in [0.29, 0.717) is 18.9 Å². The number of unbranched alkanes of at least 4 members (excludes halogenated alkanes) is 1. The van der Waals surface area contributed by atoms with E-state index < -0.39 is 0 Å². The quantitative estimate of drug-likeness (QED) is 0.227. The number of guanidine groups is 1. The average Bonchev–Trinajstić information content (AvgIpc) is 3.17. The Bertz CT molecular complexity index is 647. The lowest BCUT2D eigenvalue weighted by Crippen LogP contribution is -2.49. The van der Waals surface area contributed by atoms with Gasteiger partial charge in [0.15, 0.2) is 5.96 Å². The molecule has 1 aromatic rings. The summed E-state index contributed by atoms with van der Waals surface area (Å²) in [6, 6.07) is 6.05. The summed E-state index contributed by atoms with van der Waals surface area (Å²) in [5.74, 6) is 1.34. The number of carbonyl (C=O) groups is 1. The fourth-order valence-corrected chi connectivity index (χ4v) is 3.62. The first kappa shape index (κ1) is 25.5. The molecule has 0 spiro atoms. The van der Waals surface area contributed by atoms with Gasteiger partial charge in [0, 0.05) is 34.2 Å². The summed E-state index contributed by atoms with van der Waals surface area (Å²) in [6.45, 7) is 1.96. The van der Waals surface area contributed by atoms with Gasteiger partial charge in [-0.15, -0.1) is 24.0 Å². The lowest BCUT2D eigenvalue weighted by atomic mass is 9.84. The molecular weight excluding hydrogens is 486 g/mol. The molecule has 6 nitrogen and oxygen atoms in total. The predicted octanol–water partition coefficient (Wildman–Crippen LogP) is 3.42. The highest BCUT2D eigenvalue weighted by Gasteiger charge is 2.42. The third-order valence-corrected chi connectivity index (χ3v) is 5.18. The number of ether oxygens (including phenoxy) is 1. The molecule has 0 radical (unpaired) electrons. The van der Waals surface area contributed by atoms with Crippen molar-refractivity contribution < 1.29 is 13.9 Å². The molecule has 0 aromatic heterocycles. The van der Waals surface area contributed by atoms with Gasteiger partial charge in [-0.25, -0.2) is 4.39 Å². The van der Waals surface area contributed by atoms with Gasteiger partial charge < -0.3 is 20.3 Å². The Kier molecular flexibility index (Phi) is 11.3. The van der Waals surface area contributed by atoms with Crippen molar-refractivity contribution in [2.24, 2.45) is 10.4 Å². The van der Waals surface area contributed by atoms with Crippen molar-refractivity contribution in [3.05, 3.63) is 30.1 Å². The van der Waals surface area contributed by atoms with E-state index in [4.69, 9.17) is 4.74 Å². The third kappa shape index (κ3) is 7.98. The molecule has 1 amide bonds. The van der Waals surface area contributed by atoms with Gasteiger partial charge in [-0.2, -0.15) is 0 Å². The average molecular weight is 520 g/mol. The molecule has 0 saturated heterocycles. The Balaban J connectivity index is 0.00000420. The van der Waals surface area contributed by atoms with Crippen LogP contribution in [0.3, 0.4) is 0 Å². The van der Waals surface area contributed by atoms with E-state index >= 15 is 0 Å². The molecule has 2 N–H and O–H groups in total. The Labute approximate surface area is 190 Å². The lowest BCUT2D eigenvalue weighted by molar-refractivity contribution is -0.138. The molecule has 1 aromatic carbocycles. The Morgan fingerprint density at radius 2 is 1.83 bits per heavy atom. The highest BCUT2D eigenvalue weighted by atomic mass is 127. The smallest absolute Gasteiger partial charge is 0.230 e. The number of hydrogen-bond donors (Lipinski definition) is 2. The van der Waals surface area contributed by atoms with E-state index in [1.807, 2.05) is 14.1 Å². The maximum absolute atomic E-state index is 12.9. The highest BCUT2D eigenvalue weighted by Crippen LogP contribution is 2.38. The molecule has 0 aliphatic heterocycles. The minimum Gasteiger partial charge on any atom is -0.494 e. The molecule has 8 heteroatoms. The van der Waals surface area contributed by atoms with Crippen molar-refractivity contribution in [2.75, 3.05) is 40.8 Å². The summed E-state index contributed by atoms with van der Waals surface area (Å²) in [7, 11) is 5.38. The van der Waals surface area contributed by atoms with Crippen molar-refractivity contribution in [1.82, 2.24) is 15.5 Å². The molecule has 0 unspecified atom stereocenters. The monoisotopic (exact) mass is 520 g/mol. The fourth-order valence-electron chi connectivity index (χ4n) is 3.62. The van der Waals surface area contributed by atoms with Gasteiger partial charge in [-0.1, -0.05) is 12.8 Å². The maximum Gasteiger partial charge on any atom is 0.230 e. The Morgan fingerprint density at radius 1 is 1.17 bits per heavy atom. The second-order valence-electron chi connectivity index (χ2n) is 7.55. The van der Waals surface area contributed by atoms with E-state index in [0.717, 1.165) is 51.0 Å². The number of halogens is 2. The maximum atomic E-state index is 12.9. The van der Waals surface area contributed by atoms with Gasteiger partial charge in [0.25, 0.3) is 0 Å². The van der Waals surface area contributed by atoms with E-state index in [9.17, 15) is 9.18 Å². The minimum absolute atomic E-state index is 0. The number of amides is 1. The number of nitrogens with one attached hydrogen (secondary N) is 2. The molecule has 1 aliphatic rings. The van der Waals surface area contributed by atoms with Crippen molar-refractivity contribution in [3.8, 4) is 5.75 Å². The normalized spacial score (nSPS) is 15.4. The van der Waals surface area contributed by atoms with Crippen LogP contribution in [0.1, 0.15) is 38.5 Å². The Hall–Kier alpha value is -1.58. The molecule has 2 rings (SSSR count). The van der Waals surface area contributed by atoms with Gasteiger partial charge >= 0.3 is 0 Å². The largest absolute Gasteiger partial charge is 0.494 e. The van der Waals surface area contributed by atoms with Crippen LogP contribution < -0.4 is 15.4 Å². The molecular formula is C21H34FIN4O2. The first-order valence-electron chi connectivity index (χ1n) is 10.0. The van der Waals surface area contributed by atoms with Crippen LogP contribution in [0.15, 0.2) is 29.3 Å². The fraction of sp³-hybridized carbons (Fsp3) is 0.619. The van der Waals surface area contributed by atoms with E-state index in [-0.39, 0.29) is 41.1 Å². The summed E-state index contributed by atoms with van der Waals surface area (Å²) >= 11 is 0. The summed E-state index contributed by atoms with van der Waals surface area (Å²) in [5, 5.41) is 6.63. The van der Waals surface area contributed by atoms with Crippen molar-refractivity contribution in [2.45, 2.75) is 38.5 Å². The van der Waals surface area contributed by atoms with Crippen LogP contribution in [-0.2, 0) is 4.79 Å². The molecule has 164 valence electrons. The summed E-state index contributed by atoms with van der Waals surface area (Å²) < 4.78 is 18.4. The van der Waals surface area contributed by atoms with Gasteiger partial charge in [0.05, 0.1) is 12.0 Å². The molecule has 1 fully saturated rings. The number of carbonyl (C=O) groups excluding carboxylic acids is 1. The number of rotatable bonds is 9. The lowest BCUT2D eigenvalue weighted by Gasteiger charge is -2.31. The van der Waals surface area contributed by atoms with Crippen LogP contribution in [0.25, 0.3) is 0 Å². The van der Waals surface area contributed by atoms with E-state index in [1.54, 1.807) is 24.1 Å². The molecule has 0 atom stereocenters. The first-order valence-corrected chi connectivity index (χ1v) is 10.0. The second kappa shape index (κ2) is 12.9. The minimum atomic E-state index is -0.315. The van der Waals surface area contributed by atoms with Crippen LogP contribution in [0, 0.1) is 11.2 Å². The van der Waals surface area contributed by atoms with E-state index in [2.05, 4.69) is 15.6 Å². The summed E-state index contributed by atoms with van der Waals surface area (Å²) in [5.41, 5.74) is -0.315. The topological polar surface area (TPSA) is 66.0 Å². The van der Waals surface area contributed by atoms with Gasteiger partial charge in [0.1, 0.15) is 11.6 Å². The molecule has 29 heavy (non-hydrogen) atoms. The van der Waals surface area contributed by atoms with Crippen molar-refractivity contribution >= 4 is 35.8 Å². The zero-order valence-corrected chi connectivity index (χ0v) is 20.0. The zero-order valence-electron chi connectivity index (χ0n) is 17.7. The zero-order chi connectivity index (χ0) is 20.4. The molecule has 0 heterocycles. The molecule has 1 saturated carbocycles. The Morgan fingerprint density at radius 3 is 2.41 bits per heavy atom.